The molecule has 110 valence electrons. The summed E-state index contributed by atoms with van der Waals surface area (Å²) in [6.45, 7) is 2.18. The predicted octanol–water partition coefficient (Wildman–Crippen LogP) is 3.02. The van der Waals surface area contributed by atoms with Gasteiger partial charge in [-0.25, -0.2) is 0 Å². The van der Waals surface area contributed by atoms with Crippen molar-refractivity contribution in [2.45, 2.75) is 43.5 Å². The number of halogens is 1. The molecule has 4 heteroatoms. The number of carbonyl (C=O) groups excluding carboxylic acids is 1. The van der Waals surface area contributed by atoms with Gasteiger partial charge in [0, 0.05) is 0 Å². The van der Waals surface area contributed by atoms with Crippen molar-refractivity contribution < 1.29 is 9.90 Å². The van der Waals surface area contributed by atoms with E-state index >= 15 is 0 Å². The van der Waals surface area contributed by atoms with Crippen molar-refractivity contribution in [2.75, 3.05) is 6.61 Å². The number of amides is 1. The Kier molecular flexibility index (Phi) is 5.06. The number of aliphatic hydroxyl groups excluding tert-OH is 1. The molecule has 1 aliphatic carbocycles. The topological polar surface area (TPSA) is 49.3 Å². The van der Waals surface area contributed by atoms with Crippen LogP contribution in [0.2, 0.25) is 0 Å². The fourth-order valence-electron chi connectivity index (χ4n) is 2.74. The highest BCUT2D eigenvalue weighted by Crippen LogP contribution is 2.32. The summed E-state index contributed by atoms with van der Waals surface area (Å²) < 4.78 is 0. The SMILES string of the molecule is CC1CCC(CO)(NC(=O)C(Cl)c2ccccc2)CC1. The van der Waals surface area contributed by atoms with E-state index in [-0.39, 0.29) is 12.5 Å². The Balaban J connectivity index is 2.02. The molecule has 1 unspecified atom stereocenters. The van der Waals surface area contributed by atoms with Gasteiger partial charge in [0.05, 0.1) is 12.1 Å². The van der Waals surface area contributed by atoms with Gasteiger partial charge in [-0.3, -0.25) is 4.79 Å². The third-order valence-electron chi connectivity index (χ3n) is 4.24. The second-order valence-corrected chi connectivity index (χ2v) is 6.32. The van der Waals surface area contributed by atoms with Gasteiger partial charge in [-0.1, -0.05) is 37.3 Å². The van der Waals surface area contributed by atoms with Crippen LogP contribution in [0.4, 0.5) is 0 Å². The van der Waals surface area contributed by atoms with E-state index in [4.69, 9.17) is 11.6 Å². The predicted molar refractivity (Wildman–Crippen MR) is 80.6 cm³/mol. The molecule has 1 aliphatic rings. The van der Waals surface area contributed by atoms with Gasteiger partial charge < -0.3 is 10.4 Å². The van der Waals surface area contributed by atoms with Gasteiger partial charge >= 0.3 is 0 Å². The van der Waals surface area contributed by atoms with E-state index < -0.39 is 10.9 Å². The summed E-state index contributed by atoms with van der Waals surface area (Å²) in [5.41, 5.74) is 0.287. The van der Waals surface area contributed by atoms with Crippen LogP contribution in [-0.4, -0.2) is 23.2 Å². The van der Waals surface area contributed by atoms with Crippen LogP contribution in [0.3, 0.4) is 0 Å². The van der Waals surface area contributed by atoms with Crippen LogP contribution in [0.25, 0.3) is 0 Å². The average Bonchev–Trinajstić information content (AvgIpc) is 2.50. The molecule has 0 heterocycles. The van der Waals surface area contributed by atoms with Crippen LogP contribution >= 0.6 is 11.6 Å². The van der Waals surface area contributed by atoms with Crippen molar-refractivity contribution in [3.63, 3.8) is 0 Å². The standard InChI is InChI=1S/C16H22ClNO2/c1-12-7-9-16(11-19,10-8-12)18-15(20)14(17)13-5-3-2-4-6-13/h2-6,12,14,19H,7-11H2,1H3,(H,18,20). The van der Waals surface area contributed by atoms with Crippen molar-refractivity contribution >= 4 is 17.5 Å². The third-order valence-corrected chi connectivity index (χ3v) is 4.70. The Morgan fingerprint density at radius 1 is 1.40 bits per heavy atom. The molecule has 1 aromatic carbocycles. The molecule has 0 spiro atoms. The van der Waals surface area contributed by atoms with Crippen LogP contribution in [-0.2, 0) is 4.79 Å². The molecule has 2 rings (SSSR count). The minimum absolute atomic E-state index is 0.0239. The first-order valence-electron chi connectivity index (χ1n) is 7.18. The van der Waals surface area contributed by atoms with Gasteiger partial charge in [-0.2, -0.15) is 0 Å². The van der Waals surface area contributed by atoms with Gasteiger partial charge in [0.1, 0.15) is 5.38 Å². The molecule has 0 saturated heterocycles. The fourth-order valence-corrected chi connectivity index (χ4v) is 2.94. The van der Waals surface area contributed by atoms with E-state index in [0.717, 1.165) is 31.2 Å². The molecule has 0 aliphatic heterocycles. The summed E-state index contributed by atoms with van der Waals surface area (Å²) in [5, 5.41) is 11.9. The third kappa shape index (κ3) is 3.53. The second-order valence-electron chi connectivity index (χ2n) is 5.88. The minimum Gasteiger partial charge on any atom is -0.394 e. The van der Waals surface area contributed by atoms with Gasteiger partial charge in [-0.15, -0.1) is 11.6 Å². The summed E-state index contributed by atoms with van der Waals surface area (Å²) in [4.78, 5) is 12.3. The van der Waals surface area contributed by atoms with Crippen LogP contribution in [0.15, 0.2) is 30.3 Å². The van der Waals surface area contributed by atoms with E-state index in [1.165, 1.54) is 0 Å². The zero-order valence-electron chi connectivity index (χ0n) is 11.8. The number of hydrogen-bond acceptors (Lipinski definition) is 2. The van der Waals surface area contributed by atoms with Gasteiger partial charge in [0.25, 0.3) is 0 Å². The molecular formula is C16H22ClNO2. The van der Waals surface area contributed by atoms with E-state index in [1.54, 1.807) is 0 Å². The first kappa shape index (κ1) is 15.3. The lowest BCUT2D eigenvalue weighted by Gasteiger charge is -2.39. The first-order valence-corrected chi connectivity index (χ1v) is 7.62. The minimum atomic E-state index is -0.709. The smallest absolute Gasteiger partial charge is 0.243 e. The largest absolute Gasteiger partial charge is 0.394 e. The number of hydrogen-bond donors (Lipinski definition) is 2. The summed E-state index contributed by atoms with van der Waals surface area (Å²) >= 11 is 6.23. The van der Waals surface area contributed by atoms with Crippen LogP contribution in [0.5, 0.6) is 0 Å². The Bertz CT molecular complexity index is 441. The number of benzene rings is 1. The number of rotatable bonds is 4. The van der Waals surface area contributed by atoms with Gasteiger partial charge in [0.15, 0.2) is 0 Å². The van der Waals surface area contributed by atoms with E-state index in [2.05, 4.69) is 12.2 Å². The van der Waals surface area contributed by atoms with Crippen LogP contribution in [0.1, 0.15) is 43.5 Å². The van der Waals surface area contributed by atoms with Crippen molar-refractivity contribution in [2.24, 2.45) is 5.92 Å². The maximum atomic E-state index is 12.3. The quantitative estimate of drug-likeness (QED) is 0.839. The summed E-state index contributed by atoms with van der Waals surface area (Å²) in [5.74, 6) is 0.439. The maximum absolute atomic E-state index is 12.3. The molecule has 1 atom stereocenters. The molecule has 20 heavy (non-hydrogen) atoms. The summed E-state index contributed by atoms with van der Waals surface area (Å²) in [7, 11) is 0. The Morgan fingerprint density at radius 2 is 2.00 bits per heavy atom. The van der Waals surface area contributed by atoms with Gasteiger partial charge in [0.2, 0.25) is 5.91 Å². The van der Waals surface area contributed by atoms with Crippen molar-refractivity contribution in [1.29, 1.82) is 0 Å². The molecule has 0 radical (unpaired) electrons. The molecule has 0 bridgehead atoms. The molecule has 3 nitrogen and oxygen atoms in total. The van der Waals surface area contributed by atoms with Gasteiger partial charge in [-0.05, 0) is 37.2 Å². The maximum Gasteiger partial charge on any atom is 0.243 e. The zero-order valence-corrected chi connectivity index (χ0v) is 12.6. The Labute approximate surface area is 125 Å². The van der Waals surface area contributed by atoms with E-state index in [1.807, 2.05) is 30.3 Å². The monoisotopic (exact) mass is 295 g/mol. The highest BCUT2D eigenvalue weighted by molar-refractivity contribution is 6.30. The highest BCUT2D eigenvalue weighted by Gasteiger charge is 2.36. The molecule has 1 saturated carbocycles. The highest BCUT2D eigenvalue weighted by atomic mass is 35.5. The number of carbonyl (C=O) groups is 1. The van der Waals surface area contributed by atoms with Crippen LogP contribution in [0, 0.1) is 5.92 Å². The lowest BCUT2D eigenvalue weighted by atomic mass is 9.77. The average molecular weight is 296 g/mol. The van der Waals surface area contributed by atoms with Crippen molar-refractivity contribution in [3.8, 4) is 0 Å². The molecular weight excluding hydrogens is 274 g/mol. The Hall–Kier alpha value is -1.06. The van der Waals surface area contributed by atoms with E-state index in [9.17, 15) is 9.90 Å². The number of nitrogens with one attached hydrogen (secondary N) is 1. The lowest BCUT2D eigenvalue weighted by Crippen LogP contribution is -2.54. The summed E-state index contributed by atoms with van der Waals surface area (Å²) in [6, 6.07) is 9.30. The van der Waals surface area contributed by atoms with E-state index in [0.29, 0.717) is 5.92 Å². The first-order chi connectivity index (χ1) is 9.56. The Morgan fingerprint density at radius 3 is 2.55 bits per heavy atom. The zero-order chi connectivity index (χ0) is 14.6. The van der Waals surface area contributed by atoms with Crippen molar-refractivity contribution in [1.82, 2.24) is 5.32 Å². The van der Waals surface area contributed by atoms with Crippen LogP contribution < -0.4 is 5.32 Å². The number of aliphatic hydroxyl groups is 1. The summed E-state index contributed by atoms with van der Waals surface area (Å²) in [6.07, 6.45) is 3.68. The fraction of sp³-hybridized carbons (Fsp3) is 0.562. The molecule has 2 N–H and O–H groups in total. The van der Waals surface area contributed by atoms with Crippen molar-refractivity contribution in [3.05, 3.63) is 35.9 Å². The second kappa shape index (κ2) is 6.59. The molecule has 1 aromatic rings. The lowest BCUT2D eigenvalue weighted by molar-refractivity contribution is -0.124. The normalized spacial score (nSPS) is 27.9. The molecule has 0 aromatic heterocycles. The molecule has 1 amide bonds. The number of alkyl halides is 1. The molecule has 1 fully saturated rings.